The van der Waals surface area contributed by atoms with Gasteiger partial charge in [0.2, 0.25) is 5.82 Å². The van der Waals surface area contributed by atoms with Crippen LogP contribution in [0.25, 0.3) is 0 Å². The van der Waals surface area contributed by atoms with Crippen LogP contribution in [0.1, 0.15) is 12.5 Å². The van der Waals surface area contributed by atoms with E-state index in [0.29, 0.717) is 6.54 Å². The lowest BCUT2D eigenvalue weighted by Crippen LogP contribution is -2.26. The normalized spacial score (nSPS) is 11.6. The summed E-state index contributed by atoms with van der Waals surface area (Å²) in [4.78, 5) is 14.0. The van der Waals surface area contributed by atoms with Crippen LogP contribution in [-0.2, 0) is 0 Å². The van der Waals surface area contributed by atoms with E-state index in [2.05, 4.69) is 10.3 Å². The van der Waals surface area contributed by atoms with E-state index in [9.17, 15) is 10.1 Å². The average Bonchev–Trinajstić information content (AvgIpc) is 2.29. The Labute approximate surface area is 92.0 Å². The zero-order chi connectivity index (χ0) is 12.1. The van der Waals surface area contributed by atoms with Crippen LogP contribution >= 0.6 is 0 Å². The van der Waals surface area contributed by atoms with Crippen molar-refractivity contribution in [3.63, 3.8) is 0 Å². The molecule has 0 aliphatic heterocycles. The molecule has 1 heterocycles. The Kier molecular flexibility index (Phi) is 3.74. The van der Waals surface area contributed by atoms with E-state index in [4.69, 9.17) is 11.0 Å². The van der Waals surface area contributed by atoms with Gasteiger partial charge in [-0.05, 0) is 6.92 Å². The molecule has 0 radical (unpaired) electrons. The molecule has 0 saturated carbocycles. The maximum atomic E-state index is 10.7. The molecule has 0 aliphatic rings. The molecule has 7 heteroatoms. The highest BCUT2D eigenvalue weighted by Crippen LogP contribution is 2.22. The molecular weight excluding hydrogens is 210 g/mol. The second-order valence-electron chi connectivity index (χ2n) is 3.24. The topological polar surface area (TPSA) is 118 Å². The van der Waals surface area contributed by atoms with E-state index in [1.807, 2.05) is 0 Å². The summed E-state index contributed by atoms with van der Waals surface area (Å²) in [5, 5.41) is 22.2. The third-order valence-corrected chi connectivity index (χ3v) is 1.93. The predicted molar refractivity (Wildman–Crippen MR) is 57.7 cm³/mol. The van der Waals surface area contributed by atoms with E-state index in [1.165, 1.54) is 12.3 Å². The smallest absolute Gasteiger partial charge is 0.312 e. The van der Waals surface area contributed by atoms with Gasteiger partial charge >= 0.3 is 5.69 Å². The number of hydrogen-bond donors (Lipinski definition) is 2. The third kappa shape index (κ3) is 2.65. The first kappa shape index (κ1) is 11.9. The summed E-state index contributed by atoms with van der Waals surface area (Å²) < 4.78 is 0. The van der Waals surface area contributed by atoms with Crippen molar-refractivity contribution < 1.29 is 4.92 Å². The van der Waals surface area contributed by atoms with Crippen LogP contribution in [-0.4, -0.2) is 22.5 Å². The average molecular weight is 221 g/mol. The SMILES string of the molecule is CC(CN)Nc1ncc(C#N)cc1[N+](=O)[O-]. The Morgan fingerprint density at radius 2 is 2.50 bits per heavy atom. The molecular formula is C9H11N5O2. The molecule has 1 atom stereocenters. The summed E-state index contributed by atoms with van der Waals surface area (Å²) in [6, 6.07) is 2.85. The van der Waals surface area contributed by atoms with Crippen LogP contribution in [0.5, 0.6) is 0 Å². The fraction of sp³-hybridized carbons (Fsp3) is 0.333. The molecule has 7 nitrogen and oxygen atoms in total. The van der Waals surface area contributed by atoms with Crippen molar-refractivity contribution in [3.8, 4) is 6.07 Å². The predicted octanol–water partition coefficient (Wildman–Crippen LogP) is 0.621. The minimum atomic E-state index is -0.584. The zero-order valence-electron chi connectivity index (χ0n) is 8.67. The van der Waals surface area contributed by atoms with Gasteiger partial charge in [-0.2, -0.15) is 5.26 Å². The fourth-order valence-corrected chi connectivity index (χ4v) is 1.06. The lowest BCUT2D eigenvalue weighted by Gasteiger charge is -2.11. The maximum Gasteiger partial charge on any atom is 0.312 e. The molecule has 0 saturated heterocycles. The molecule has 1 aromatic heterocycles. The van der Waals surface area contributed by atoms with Crippen LogP contribution in [0.15, 0.2) is 12.3 Å². The van der Waals surface area contributed by atoms with Crippen molar-refractivity contribution in [2.75, 3.05) is 11.9 Å². The van der Waals surface area contributed by atoms with E-state index >= 15 is 0 Å². The summed E-state index contributed by atoms with van der Waals surface area (Å²) in [6.45, 7) is 2.11. The van der Waals surface area contributed by atoms with Gasteiger partial charge in [0.05, 0.1) is 10.5 Å². The lowest BCUT2D eigenvalue weighted by atomic mass is 10.2. The number of anilines is 1. The number of nitro groups is 1. The summed E-state index contributed by atoms with van der Waals surface area (Å²) in [6.07, 6.45) is 1.28. The van der Waals surface area contributed by atoms with Crippen molar-refractivity contribution >= 4 is 11.5 Å². The van der Waals surface area contributed by atoms with Crippen LogP contribution in [0.4, 0.5) is 11.5 Å². The summed E-state index contributed by atoms with van der Waals surface area (Å²) in [5.41, 5.74) is 5.32. The summed E-state index contributed by atoms with van der Waals surface area (Å²) in [5.74, 6) is 0.127. The minimum Gasteiger partial charge on any atom is -0.361 e. The van der Waals surface area contributed by atoms with E-state index in [1.54, 1.807) is 13.0 Å². The Morgan fingerprint density at radius 3 is 3.00 bits per heavy atom. The largest absolute Gasteiger partial charge is 0.361 e. The van der Waals surface area contributed by atoms with Gasteiger partial charge in [0.25, 0.3) is 0 Å². The van der Waals surface area contributed by atoms with Crippen molar-refractivity contribution in [2.45, 2.75) is 13.0 Å². The molecule has 1 unspecified atom stereocenters. The molecule has 16 heavy (non-hydrogen) atoms. The molecule has 0 amide bonds. The standard InChI is InChI=1S/C9H11N5O2/c1-6(3-10)13-9-8(14(15)16)2-7(4-11)5-12-9/h2,5-6H,3,10H2,1H3,(H,12,13). The van der Waals surface area contributed by atoms with Gasteiger partial charge in [-0.25, -0.2) is 4.98 Å². The van der Waals surface area contributed by atoms with Crippen LogP contribution in [0.3, 0.4) is 0 Å². The fourth-order valence-electron chi connectivity index (χ4n) is 1.06. The van der Waals surface area contributed by atoms with Crippen LogP contribution < -0.4 is 11.1 Å². The van der Waals surface area contributed by atoms with Crippen LogP contribution in [0.2, 0.25) is 0 Å². The van der Waals surface area contributed by atoms with E-state index in [-0.39, 0.29) is 23.1 Å². The lowest BCUT2D eigenvalue weighted by molar-refractivity contribution is -0.384. The summed E-state index contributed by atoms with van der Waals surface area (Å²) >= 11 is 0. The van der Waals surface area contributed by atoms with Crippen LogP contribution in [0, 0.1) is 21.4 Å². The highest BCUT2D eigenvalue weighted by atomic mass is 16.6. The molecule has 0 bridgehead atoms. The van der Waals surface area contributed by atoms with Crippen molar-refractivity contribution in [3.05, 3.63) is 27.9 Å². The van der Waals surface area contributed by atoms with Crippen molar-refractivity contribution in [1.82, 2.24) is 4.98 Å². The number of hydrogen-bond acceptors (Lipinski definition) is 6. The Hall–Kier alpha value is -2.20. The molecule has 0 fully saturated rings. The summed E-state index contributed by atoms with van der Waals surface area (Å²) in [7, 11) is 0. The zero-order valence-corrected chi connectivity index (χ0v) is 8.67. The number of pyridine rings is 1. The highest BCUT2D eigenvalue weighted by Gasteiger charge is 2.17. The third-order valence-electron chi connectivity index (χ3n) is 1.93. The monoisotopic (exact) mass is 221 g/mol. The number of rotatable bonds is 4. The number of aromatic nitrogens is 1. The van der Waals surface area contributed by atoms with Gasteiger partial charge in [0.1, 0.15) is 6.07 Å². The second-order valence-corrected chi connectivity index (χ2v) is 3.24. The molecule has 0 aromatic carbocycles. The minimum absolute atomic E-state index is 0.126. The van der Waals surface area contributed by atoms with E-state index in [0.717, 1.165) is 0 Å². The Bertz CT molecular complexity index is 440. The van der Waals surface area contributed by atoms with Gasteiger partial charge in [0.15, 0.2) is 0 Å². The second kappa shape index (κ2) is 5.04. The Morgan fingerprint density at radius 1 is 1.81 bits per heavy atom. The number of nitrogens with two attached hydrogens (primary N) is 1. The van der Waals surface area contributed by atoms with E-state index < -0.39 is 4.92 Å². The molecule has 0 aliphatic carbocycles. The Balaban J connectivity index is 3.09. The highest BCUT2D eigenvalue weighted by molar-refractivity contribution is 5.58. The molecule has 84 valence electrons. The molecule has 0 spiro atoms. The van der Waals surface area contributed by atoms with Gasteiger partial charge in [-0.15, -0.1) is 0 Å². The van der Waals surface area contributed by atoms with Gasteiger partial charge in [-0.1, -0.05) is 0 Å². The van der Waals surface area contributed by atoms with Gasteiger partial charge < -0.3 is 11.1 Å². The number of nitrogens with one attached hydrogen (secondary N) is 1. The first-order valence-electron chi connectivity index (χ1n) is 4.59. The first-order chi connectivity index (χ1) is 7.58. The maximum absolute atomic E-state index is 10.7. The van der Waals surface area contributed by atoms with Gasteiger partial charge in [0, 0.05) is 24.8 Å². The molecule has 1 aromatic rings. The quantitative estimate of drug-likeness (QED) is 0.568. The van der Waals surface area contributed by atoms with Crippen molar-refractivity contribution in [1.29, 1.82) is 5.26 Å². The molecule has 3 N–H and O–H groups in total. The number of nitriles is 1. The van der Waals surface area contributed by atoms with Gasteiger partial charge in [-0.3, -0.25) is 10.1 Å². The van der Waals surface area contributed by atoms with Crippen molar-refractivity contribution in [2.24, 2.45) is 5.73 Å². The molecule has 1 rings (SSSR count). The first-order valence-corrected chi connectivity index (χ1v) is 4.59. The number of nitrogens with zero attached hydrogens (tertiary/aromatic N) is 3.